The summed E-state index contributed by atoms with van der Waals surface area (Å²) in [6.07, 6.45) is 0. The summed E-state index contributed by atoms with van der Waals surface area (Å²) in [7, 11) is -3.82. The van der Waals surface area contributed by atoms with E-state index in [0.717, 1.165) is 5.69 Å². The van der Waals surface area contributed by atoms with E-state index in [2.05, 4.69) is 0 Å². The van der Waals surface area contributed by atoms with Gasteiger partial charge in [-0.15, -0.1) is 0 Å². The molecule has 1 heterocycles. The van der Waals surface area contributed by atoms with Gasteiger partial charge in [-0.3, -0.25) is 10.1 Å². The number of hydrogen-bond donors (Lipinski definition) is 0. The predicted molar refractivity (Wildman–Crippen MR) is 95.2 cm³/mol. The lowest BCUT2D eigenvalue weighted by Gasteiger charge is -2.35. The van der Waals surface area contributed by atoms with Gasteiger partial charge in [0.05, 0.1) is 9.82 Å². The van der Waals surface area contributed by atoms with Gasteiger partial charge in [-0.25, -0.2) is 12.8 Å². The van der Waals surface area contributed by atoms with Crippen LogP contribution in [-0.4, -0.2) is 43.8 Å². The zero-order valence-electron chi connectivity index (χ0n) is 14.1. The normalized spacial score (nSPS) is 15.8. The molecule has 1 aliphatic rings. The molecule has 1 fully saturated rings. The maximum Gasteiger partial charge on any atom is 0.273 e. The van der Waals surface area contributed by atoms with Crippen molar-refractivity contribution in [2.75, 3.05) is 31.1 Å². The first-order valence-corrected chi connectivity index (χ1v) is 9.49. The summed E-state index contributed by atoms with van der Waals surface area (Å²) in [4.78, 5) is 12.4. The smallest absolute Gasteiger partial charge is 0.273 e. The van der Waals surface area contributed by atoms with E-state index in [-0.39, 0.29) is 35.1 Å². The molecule has 0 spiro atoms. The summed E-state index contributed by atoms with van der Waals surface area (Å²) in [5.74, 6) is -0.323. The van der Waals surface area contributed by atoms with Crippen LogP contribution in [0, 0.1) is 22.9 Å². The lowest BCUT2D eigenvalue weighted by Crippen LogP contribution is -2.48. The molecular weight excluding hydrogens is 361 g/mol. The average molecular weight is 379 g/mol. The van der Waals surface area contributed by atoms with E-state index in [9.17, 15) is 22.9 Å². The third-order valence-corrected chi connectivity index (χ3v) is 6.54. The molecule has 0 bridgehead atoms. The lowest BCUT2D eigenvalue weighted by molar-refractivity contribution is -0.385. The highest BCUT2D eigenvalue weighted by Crippen LogP contribution is 2.28. The van der Waals surface area contributed by atoms with Crippen LogP contribution in [0.5, 0.6) is 0 Å². The van der Waals surface area contributed by atoms with Crippen LogP contribution in [0.4, 0.5) is 15.8 Å². The van der Waals surface area contributed by atoms with Gasteiger partial charge in [0.2, 0.25) is 10.0 Å². The predicted octanol–water partition coefficient (Wildman–Crippen LogP) is 2.55. The third kappa shape index (κ3) is 3.40. The topological polar surface area (TPSA) is 83.8 Å². The van der Waals surface area contributed by atoms with Crippen LogP contribution in [-0.2, 0) is 10.0 Å². The van der Waals surface area contributed by atoms with Crippen molar-refractivity contribution in [3.8, 4) is 0 Å². The Labute approximate surface area is 150 Å². The summed E-state index contributed by atoms with van der Waals surface area (Å²) in [5.41, 5.74) is 0.754. The van der Waals surface area contributed by atoms with Crippen LogP contribution in [0.25, 0.3) is 0 Å². The standard InChI is InChI=1S/C17H18FN3O4S/c1-13-16(21(22)23)3-2-4-17(13)26(24,25)20-11-9-19(10-12-20)15-7-5-14(18)6-8-15/h2-8H,9-12H2,1H3. The highest BCUT2D eigenvalue weighted by Gasteiger charge is 2.31. The fourth-order valence-electron chi connectivity index (χ4n) is 3.06. The monoisotopic (exact) mass is 379 g/mol. The third-order valence-electron chi connectivity index (χ3n) is 4.50. The van der Waals surface area contributed by atoms with Crippen LogP contribution < -0.4 is 4.90 Å². The molecule has 0 aliphatic carbocycles. The number of benzene rings is 2. The van der Waals surface area contributed by atoms with Gasteiger partial charge < -0.3 is 4.90 Å². The molecule has 0 aromatic heterocycles. The van der Waals surface area contributed by atoms with Crippen molar-refractivity contribution in [3.05, 3.63) is 64.0 Å². The van der Waals surface area contributed by atoms with E-state index in [4.69, 9.17) is 0 Å². The van der Waals surface area contributed by atoms with Crippen molar-refractivity contribution >= 4 is 21.4 Å². The Morgan fingerprint density at radius 3 is 2.23 bits per heavy atom. The number of piperazine rings is 1. The minimum absolute atomic E-state index is 0.0399. The first kappa shape index (κ1) is 18.3. The molecule has 138 valence electrons. The minimum Gasteiger partial charge on any atom is -0.369 e. The first-order chi connectivity index (χ1) is 12.3. The van der Waals surface area contributed by atoms with Crippen molar-refractivity contribution in [1.29, 1.82) is 0 Å². The molecule has 9 heteroatoms. The summed E-state index contributed by atoms with van der Waals surface area (Å²) in [5, 5.41) is 11.1. The SMILES string of the molecule is Cc1c([N+](=O)[O-])cccc1S(=O)(=O)N1CCN(c2ccc(F)cc2)CC1. The number of sulfonamides is 1. The van der Waals surface area contributed by atoms with E-state index in [1.54, 1.807) is 12.1 Å². The first-order valence-electron chi connectivity index (χ1n) is 8.05. The number of hydrogen-bond acceptors (Lipinski definition) is 5. The molecule has 3 rings (SSSR count). The van der Waals surface area contributed by atoms with Gasteiger partial charge in [0.15, 0.2) is 0 Å². The molecule has 1 aliphatic heterocycles. The van der Waals surface area contributed by atoms with Crippen LogP contribution in [0.15, 0.2) is 47.4 Å². The van der Waals surface area contributed by atoms with E-state index < -0.39 is 14.9 Å². The van der Waals surface area contributed by atoms with Gasteiger partial charge in [-0.1, -0.05) is 6.07 Å². The number of anilines is 1. The number of nitro groups is 1. The molecule has 0 saturated carbocycles. The Bertz CT molecular complexity index is 924. The number of nitro benzene ring substituents is 1. The summed E-state index contributed by atoms with van der Waals surface area (Å²) < 4.78 is 40.2. The second-order valence-electron chi connectivity index (χ2n) is 6.02. The van der Waals surface area contributed by atoms with Gasteiger partial charge in [0, 0.05) is 43.5 Å². The quantitative estimate of drug-likeness (QED) is 0.602. The van der Waals surface area contributed by atoms with Gasteiger partial charge in [-0.05, 0) is 37.3 Å². The van der Waals surface area contributed by atoms with Crippen LogP contribution in [0.2, 0.25) is 0 Å². The maximum absolute atomic E-state index is 13.0. The molecule has 0 unspecified atom stereocenters. The molecule has 0 radical (unpaired) electrons. The van der Waals surface area contributed by atoms with E-state index in [1.165, 1.54) is 41.6 Å². The molecule has 0 N–H and O–H groups in total. The highest BCUT2D eigenvalue weighted by atomic mass is 32.2. The molecule has 0 atom stereocenters. The molecule has 1 saturated heterocycles. The van der Waals surface area contributed by atoms with Crippen LogP contribution in [0.3, 0.4) is 0 Å². The van der Waals surface area contributed by atoms with E-state index in [1.807, 2.05) is 4.90 Å². The van der Waals surface area contributed by atoms with Crippen LogP contribution >= 0.6 is 0 Å². The van der Waals surface area contributed by atoms with Gasteiger partial charge in [0.1, 0.15) is 5.82 Å². The number of nitrogens with zero attached hydrogens (tertiary/aromatic N) is 3. The van der Waals surface area contributed by atoms with Gasteiger partial charge >= 0.3 is 0 Å². The zero-order valence-corrected chi connectivity index (χ0v) is 14.9. The molecular formula is C17H18FN3O4S. The Balaban J connectivity index is 1.79. The van der Waals surface area contributed by atoms with Crippen molar-refractivity contribution in [2.24, 2.45) is 0 Å². The molecule has 26 heavy (non-hydrogen) atoms. The Kier molecular flexibility index (Phi) is 4.92. The molecule has 0 amide bonds. The summed E-state index contributed by atoms with van der Waals surface area (Å²) in [6, 6.07) is 10.1. The number of halogens is 1. The Morgan fingerprint density at radius 1 is 1.04 bits per heavy atom. The Hall–Kier alpha value is -2.52. The van der Waals surface area contributed by atoms with Crippen molar-refractivity contribution < 1.29 is 17.7 Å². The van der Waals surface area contributed by atoms with Crippen molar-refractivity contribution in [1.82, 2.24) is 4.31 Å². The van der Waals surface area contributed by atoms with E-state index in [0.29, 0.717) is 13.1 Å². The highest BCUT2D eigenvalue weighted by molar-refractivity contribution is 7.89. The van der Waals surface area contributed by atoms with Gasteiger partial charge in [0.25, 0.3) is 5.69 Å². The van der Waals surface area contributed by atoms with Crippen molar-refractivity contribution in [3.63, 3.8) is 0 Å². The second kappa shape index (κ2) is 7.00. The fourth-order valence-corrected chi connectivity index (χ4v) is 4.72. The average Bonchev–Trinajstić information content (AvgIpc) is 2.62. The molecule has 7 nitrogen and oxygen atoms in total. The fraction of sp³-hybridized carbons (Fsp3) is 0.294. The van der Waals surface area contributed by atoms with Crippen molar-refractivity contribution in [2.45, 2.75) is 11.8 Å². The lowest BCUT2D eigenvalue weighted by atomic mass is 10.2. The van der Waals surface area contributed by atoms with Crippen LogP contribution in [0.1, 0.15) is 5.56 Å². The minimum atomic E-state index is -3.82. The maximum atomic E-state index is 13.0. The second-order valence-corrected chi connectivity index (χ2v) is 7.93. The number of rotatable bonds is 4. The summed E-state index contributed by atoms with van der Waals surface area (Å²) >= 11 is 0. The van der Waals surface area contributed by atoms with E-state index >= 15 is 0 Å². The molecule has 2 aromatic rings. The molecule has 2 aromatic carbocycles. The Morgan fingerprint density at radius 2 is 1.65 bits per heavy atom. The largest absolute Gasteiger partial charge is 0.369 e. The zero-order chi connectivity index (χ0) is 18.9. The van der Waals surface area contributed by atoms with Gasteiger partial charge in [-0.2, -0.15) is 4.31 Å². The summed E-state index contributed by atoms with van der Waals surface area (Å²) in [6.45, 7) is 2.86.